The molecule has 0 aromatic heterocycles. The van der Waals surface area contributed by atoms with Crippen LogP contribution >= 0.6 is 46.4 Å². The number of halogens is 4. The second-order valence-corrected chi connectivity index (χ2v) is 9.23. The van der Waals surface area contributed by atoms with Gasteiger partial charge in [0, 0.05) is 5.56 Å². The van der Waals surface area contributed by atoms with Gasteiger partial charge in [0.15, 0.2) is 4.75 Å². The number of phenolic OH excluding ortho intramolecular Hbond substituents is 2. The van der Waals surface area contributed by atoms with E-state index in [1.807, 2.05) is 0 Å². The normalized spacial score (nSPS) is 13.8. The van der Waals surface area contributed by atoms with Gasteiger partial charge in [-0.3, -0.25) is 4.55 Å². The van der Waals surface area contributed by atoms with Gasteiger partial charge in [0.05, 0.1) is 20.1 Å². The highest BCUT2D eigenvalue weighted by Crippen LogP contribution is 2.53. The summed E-state index contributed by atoms with van der Waals surface area (Å²) in [7, 11) is -5.10. The van der Waals surface area contributed by atoms with Crippen molar-refractivity contribution in [2.45, 2.75) is 4.75 Å². The molecule has 3 aromatic rings. The van der Waals surface area contributed by atoms with E-state index >= 15 is 0 Å². The monoisotopic (exact) mass is 492 g/mol. The van der Waals surface area contributed by atoms with Crippen molar-refractivity contribution in [3.8, 4) is 11.5 Å². The van der Waals surface area contributed by atoms with Gasteiger partial charge in [-0.2, -0.15) is 8.42 Å². The van der Waals surface area contributed by atoms with Crippen LogP contribution in [-0.2, 0) is 14.9 Å². The first-order chi connectivity index (χ1) is 13.5. The van der Waals surface area contributed by atoms with Crippen molar-refractivity contribution in [1.29, 1.82) is 0 Å². The molecule has 1 unspecified atom stereocenters. The van der Waals surface area contributed by atoms with E-state index < -0.39 is 26.2 Å². The smallest absolute Gasteiger partial charge is 0.283 e. The lowest BCUT2D eigenvalue weighted by molar-refractivity contribution is 0.440. The van der Waals surface area contributed by atoms with Gasteiger partial charge in [-0.15, -0.1) is 0 Å². The number of hydrogen-bond donors (Lipinski definition) is 3. The van der Waals surface area contributed by atoms with Crippen molar-refractivity contribution < 1.29 is 23.2 Å². The lowest BCUT2D eigenvalue weighted by atomic mass is 9.83. The molecule has 29 heavy (non-hydrogen) atoms. The standard InChI is InChI=1S/C19H12Cl4O5S/c20-12-8-11(6-7-15(12)24)19(29(26,27)28,10-4-2-1-3-5-10)16-17(23)13(21)9-14(22)18(16)25/h1-9,24-25H,(H,26,27,28). The molecule has 0 aliphatic carbocycles. The second kappa shape index (κ2) is 7.87. The lowest BCUT2D eigenvalue weighted by Crippen LogP contribution is -2.38. The summed E-state index contributed by atoms with van der Waals surface area (Å²) >= 11 is 24.5. The largest absolute Gasteiger partial charge is 0.506 e. The Morgan fingerprint density at radius 1 is 0.759 bits per heavy atom. The van der Waals surface area contributed by atoms with Crippen molar-refractivity contribution in [2.75, 3.05) is 0 Å². The Morgan fingerprint density at radius 2 is 1.38 bits per heavy atom. The summed E-state index contributed by atoms with van der Waals surface area (Å²) in [6, 6.07) is 12.2. The van der Waals surface area contributed by atoms with Crippen molar-refractivity contribution in [2.24, 2.45) is 0 Å². The molecule has 152 valence electrons. The highest BCUT2D eigenvalue weighted by atomic mass is 35.5. The zero-order valence-corrected chi connectivity index (χ0v) is 18.1. The highest BCUT2D eigenvalue weighted by molar-refractivity contribution is 7.87. The van der Waals surface area contributed by atoms with Crippen LogP contribution in [0.5, 0.6) is 11.5 Å². The van der Waals surface area contributed by atoms with Crippen LogP contribution in [0.4, 0.5) is 0 Å². The lowest BCUT2D eigenvalue weighted by Gasteiger charge is -2.34. The van der Waals surface area contributed by atoms with Gasteiger partial charge in [-0.05, 0) is 29.3 Å². The minimum Gasteiger partial charge on any atom is -0.506 e. The van der Waals surface area contributed by atoms with Gasteiger partial charge in [-0.1, -0.05) is 82.8 Å². The molecule has 3 aromatic carbocycles. The Balaban J connectivity index is 2.64. The van der Waals surface area contributed by atoms with E-state index in [0.717, 1.165) is 18.2 Å². The van der Waals surface area contributed by atoms with Crippen LogP contribution in [0.25, 0.3) is 0 Å². The Kier molecular flexibility index (Phi) is 5.98. The summed E-state index contributed by atoms with van der Waals surface area (Å²) in [6.07, 6.45) is 0. The molecule has 0 saturated heterocycles. The SMILES string of the molecule is O=S(=O)(O)C(c1ccccc1)(c1ccc(O)c(Cl)c1)c1c(O)c(Cl)cc(Cl)c1Cl. The minimum absolute atomic E-state index is 0.0276. The van der Waals surface area contributed by atoms with Gasteiger partial charge in [0.1, 0.15) is 11.5 Å². The first kappa shape index (κ1) is 22.0. The third-order valence-electron chi connectivity index (χ3n) is 4.42. The number of aromatic hydroxyl groups is 2. The molecule has 0 aliphatic heterocycles. The summed E-state index contributed by atoms with van der Waals surface area (Å²) in [4.78, 5) is 0. The van der Waals surface area contributed by atoms with Crippen molar-refractivity contribution in [3.63, 3.8) is 0 Å². The maximum absolute atomic E-state index is 13.0. The van der Waals surface area contributed by atoms with E-state index in [1.165, 1.54) is 30.3 Å². The molecular weight excluding hydrogens is 482 g/mol. The molecule has 0 fully saturated rings. The Hall–Kier alpha value is -1.67. The predicted molar refractivity (Wildman–Crippen MR) is 114 cm³/mol. The molecular formula is C19H12Cl4O5S. The van der Waals surface area contributed by atoms with E-state index in [9.17, 15) is 23.2 Å². The van der Waals surface area contributed by atoms with E-state index in [4.69, 9.17) is 46.4 Å². The fourth-order valence-corrected chi connectivity index (χ4v) is 5.49. The molecule has 0 heterocycles. The molecule has 0 saturated carbocycles. The molecule has 10 heteroatoms. The van der Waals surface area contributed by atoms with Crippen LogP contribution in [0, 0.1) is 0 Å². The summed E-state index contributed by atoms with van der Waals surface area (Å²) < 4.78 is 34.0. The molecule has 3 rings (SSSR count). The van der Waals surface area contributed by atoms with Crippen LogP contribution in [0.3, 0.4) is 0 Å². The van der Waals surface area contributed by atoms with Gasteiger partial charge in [0.25, 0.3) is 10.1 Å². The molecule has 1 atom stereocenters. The fraction of sp³-hybridized carbons (Fsp3) is 0.0526. The van der Waals surface area contributed by atoms with Crippen LogP contribution in [0.1, 0.15) is 16.7 Å². The molecule has 3 N–H and O–H groups in total. The van der Waals surface area contributed by atoms with Crippen LogP contribution in [-0.4, -0.2) is 23.2 Å². The first-order valence-corrected chi connectivity index (χ1v) is 10.9. The third kappa shape index (κ3) is 3.54. The Labute approximate surface area is 186 Å². The Morgan fingerprint density at radius 3 is 1.93 bits per heavy atom. The number of phenols is 2. The van der Waals surface area contributed by atoms with Gasteiger partial charge in [0.2, 0.25) is 0 Å². The molecule has 5 nitrogen and oxygen atoms in total. The van der Waals surface area contributed by atoms with Gasteiger partial charge in [-0.25, -0.2) is 0 Å². The van der Waals surface area contributed by atoms with Gasteiger partial charge >= 0.3 is 0 Å². The van der Waals surface area contributed by atoms with E-state index in [-0.39, 0.29) is 37.0 Å². The quantitative estimate of drug-likeness (QED) is 0.239. The van der Waals surface area contributed by atoms with Crippen molar-refractivity contribution >= 4 is 56.5 Å². The third-order valence-corrected chi connectivity index (χ3v) is 7.25. The average molecular weight is 494 g/mol. The molecule has 0 amide bonds. The zero-order chi connectivity index (χ0) is 21.6. The fourth-order valence-electron chi connectivity index (χ4n) is 3.19. The maximum atomic E-state index is 13.0. The minimum atomic E-state index is -5.10. The number of rotatable bonds is 4. The van der Waals surface area contributed by atoms with Crippen LogP contribution < -0.4 is 0 Å². The topological polar surface area (TPSA) is 94.8 Å². The summed E-state index contributed by atoms with van der Waals surface area (Å²) in [5, 5.41) is 19.6. The first-order valence-electron chi connectivity index (χ1n) is 7.90. The molecule has 0 spiro atoms. The maximum Gasteiger partial charge on any atom is 0.283 e. The van der Waals surface area contributed by atoms with Crippen molar-refractivity contribution in [1.82, 2.24) is 0 Å². The number of benzene rings is 3. The summed E-state index contributed by atoms with van der Waals surface area (Å²) in [5.74, 6) is -1.00. The van der Waals surface area contributed by atoms with E-state index in [0.29, 0.717) is 0 Å². The second-order valence-electron chi connectivity index (χ2n) is 6.07. The predicted octanol–water partition coefficient (Wildman–Crippen LogP) is 5.89. The molecule has 0 radical (unpaired) electrons. The molecule has 0 bridgehead atoms. The molecule has 0 aliphatic rings. The highest BCUT2D eigenvalue weighted by Gasteiger charge is 2.52. The van der Waals surface area contributed by atoms with Crippen molar-refractivity contribution in [3.05, 3.63) is 91.4 Å². The van der Waals surface area contributed by atoms with Crippen LogP contribution in [0.2, 0.25) is 20.1 Å². The van der Waals surface area contributed by atoms with Crippen LogP contribution in [0.15, 0.2) is 54.6 Å². The summed E-state index contributed by atoms with van der Waals surface area (Å²) in [6.45, 7) is 0. The van der Waals surface area contributed by atoms with E-state index in [2.05, 4.69) is 0 Å². The zero-order valence-electron chi connectivity index (χ0n) is 14.3. The summed E-state index contributed by atoms with van der Waals surface area (Å²) in [5.41, 5.74) is -0.531. The number of hydrogen-bond acceptors (Lipinski definition) is 4. The van der Waals surface area contributed by atoms with E-state index in [1.54, 1.807) is 6.07 Å². The van der Waals surface area contributed by atoms with Gasteiger partial charge < -0.3 is 10.2 Å². The average Bonchev–Trinajstić information content (AvgIpc) is 2.65. The Bertz CT molecular complexity index is 1170.